The molecule has 2 heterocycles. The fourth-order valence-corrected chi connectivity index (χ4v) is 3.45. The average molecular weight is 345 g/mol. The smallest absolute Gasteiger partial charge is 0.125 e. The quantitative estimate of drug-likeness (QED) is 0.842. The summed E-state index contributed by atoms with van der Waals surface area (Å²) in [5.74, 6) is 1.73. The van der Waals surface area contributed by atoms with Gasteiger partial charge in [-0.1, -0.05) is 12.1 Å². The van der Waals surface area contributed by atoms with Gasteiger partial charge in [0.25, 0.3) is 0 Å². The van der Waals surface area contributed by atoms with Gasteiger partial charge in [-0.15, -0.1) is 0 Å². The Morgan fingerprint density at radius 1 is 1.28 bits per heavy atom. The molecule has 1 aliphatic heterocycles. The minimum atomic E-state index is 0.0501. The summed E-state index contributed by atoms with van der Waals surface area (Å²) in [6, 6.07) is 10.2. The summed E-state index contributed by atoms with van der Waals surface area (Å²) in [7, 11) is 1.66. The molecule has 1 saturated heterocycles. The van der Waals surface area contributed by atoms with Crippen molar-refractivity contribution in [3.63, 3.8) is 0 Å². The fraction of sp³-hybridized carbons (Fsp3) is 0.526. The van der Waals surface area contributed by atoms with Crippen LogP contribution in [0.1, 0.15) is 26.7 Å². The van der Waals surface area contributed by atoms with E-state index in [1.165, 1.54) is 0 Å². The lowest BCUT2D eigenvalue weighted by atomic mass is 10.00. The van der Waals surface area contributed by atoms with Crippen molar-refractivity contribution in [2.24, 2.45) is 0 Å². The number of rotatable bonds is 6. The van der Waals surface area contributed by atoms with Gasteiger partial charge in [-0.3, -0.25) is 0 Å². The molecule has 2 N–H and O–H groups in total. The summed E-state index contributed by atoms with van der Waals surface area (Å²) >= 11 is 0. The van der Waals surface area contributed by atoms with E-state index in [0.29, 0.717) is 12.6 Å². The van der Waals surface area contributed by atoms with Crippen LogP contribution >= 0.6 is 0 Å². The first kappa shape index (κ1) is 17.8. The number of hydrogen-bond donors (Lipinski definition) is 2. The zero-order chi connectivity index (χ0) is 17.8. The van der Waals surface area contributed by atoms with E-state index in [1.54, 1.807) is 7.11 Å². The summed E-state index contributed by atoms with van der Waals surface area (Å²) in [5.41, 5.74) is 1.86. The molecule has 0 bridgehead atoms. The molecule has 0 amide bonds. The summed E-state index contributed by atoms with van der Waals surface area (Å²) in [4.78, 5) is 0. The predicted octanol–water partition coefficient (Wildman–Crippen LogP) is 2.92. The molecule has 25 heavy (non-hydrogen) atoms. The summed E-state index contributed by atoms with van der Waals surface area (Å²) < 4.78 is 13.0. The third kappa shape index (κ3) is 4.32. The van der Waals surface area contributed by atoms with E-state index in [9.17, 15) is 5.11 Å². The molecule has 0 radical (unpaired) electrons. The molecule has 0 saturated carbocycles. The van der Waals surface area contributed by atoms with Crippen LogP contribution in [0.2, 0.25) is 0 Å². The molecule has 2 aromatic rings. The Kier molecular flexibility index (Phi) is 5.60. The summed E-state index contributed by atoms with van der Waals surface area (Å²) in [6.45, 7) is 4.73. The van der Waals surface area contributed by atoms with E-state index in [1.807, 2.05) is 35.0 Å². The third-order valence-electron chi connectivity index (χ3n) is 4.51. The zero-order valence-corrected chi connectivity index (χ0v) is 15.1. The van der Waals surface area contributed by atoms with Crippen LogP contribution in [0.15, 0.2) is 30.3 Å². The van der Waals surface area contributed by atoms with Gasteiger partial charge in [0.1, 0.15) is 11.6 Å². The average Bonchev–Trinajstić information content (AvgIpc) is 2.97. The van der Waals surface area contributed by atoms with Crippen molar-refractivity contribution in [1.82, 2.24) is 9.78 Å². The van der Waals surface area contributed by atoms with Gasteiger partial charge in [-0.05, 0) is 38.8 Å². The maximum Gasteiger partial charge on any atom is 0.125 e. The van der Waals surface area contributed by atoms with Crippen molar-refractivity contribution < 1.29 is 14.6 Å². The third-order valence-corrected chi connectivity index (χ3v) is 4.51. The van der Waals surface area contributed by atoms with Gasteiger partial charge in [-0.25, -0.2) is 4.68 Å². The number of nitrogens with zero attached hydrogens (tertiary/aromatic N) is 2. The normalized spacial score (nSPS) is 23.4. The molecule has 136 valence electrons. The van der Waals surface area contributed by atoms with E-state index >= 15 is 0 Å². The second kappa shape index (κ2) is 7.89. The Labute approximate surface area is 148 Å². The Bertz CT molecular complexity index is 691. The fourth-order valence-electron chi connectivity index (χ4n) is 3.45. The Morgan fingerprint density at radius 3 is 2.72 bits per heavy atom. The minimum Gasteiger partial charge on any atom is -0.497 e. The number of aliphatic hydroxyl groups is 1. The van der Waals surface area contributed by atoms with Crippen molar-refractivity contribution in [2.45, 2.75) is 51.5 Å². The van der Waals surface area contributed by atoms with Gasteiger partial charge in [0.05, 0.1) is 38.2 Å². The topological polar surface area (TPSA) is 68.5 Å². The first-order valence-electron chi connectivity index (χ1n) is 8.84. The zero-order valence-electron chi connectivity index (χ0n) is 15.1. The van der Waals surface area contributed by atoms with Crippen LogP contribution in [0.4, 0.5) is 5.82 Å². The highest BCUT2D eigenvalue weighted by molar-refractivity contribution is 5.64. The summed E-state index contributed by atoms with van der Waals surface area (Å²) in [5, 5.41) is 17.6. The number of nitrogens with one attached hydrogen (secondary N) is 1. The van der Waals surface area contributed by atoms with E-state index < -0.39 is 0 Å². The minimum absolute atomic E-state index is 0.0501. The number of hydrogen-bond acceptors (Lipinski definition) is 5. The van der Waals surface area contributed by atoms with Crippen molar-refractivity contribution in [3.05, 3.63) is 30.3 Å². The molecule has 0 spiro atoms. The lowest BCUT2D eigenvalue weighted by molar-refractivity contribution is -0.0338. The first-order chi connectivity index (χ1) is 12.1. The van der Waals surface area contributed by atoms with Crippen LogP contribution in [-0.2, 0) is 11.3 Å². The number of anilines is 1. The molecule has 1 fully saturated rings. The number of ether oxygens (including phenoxy) is 2. The monoisotopic (exact) mass is 345 g/mol. The molecule has 1 aromatic heterocycles. The molecule has 0 aliphatic carbocycles. The van der Waals surface area contributed by atoms with E-state index in [4.69, 9.17) is 9.47 Å². The Balaban J connectivity index is 1.84. The van der Waals surface area contributed by atoms with Gasteiger partial charge in [0.2, 0.25) is 0 Å². The van der Waals surface area contributed by atoms with Crippen LogP contribution in [-0.4, -0.2) is 46.9 Å². The highest BCUT2D eigenvalue weighted by Crippen LogP contribution is 2.28. The lowest BCUT2D eigenvalue weighted by Gasteiger charge is -2.33. The Hall–Kier alpha value is -2.05. The highest BCUT2D eigenvalue weighted by Gasteiger charge is 2.25. The highest BCUT2D eigenvalue weighted by atomic mass is 16.5. The maximum absolute atomic E-state index is 9.37. The lowest BCUT2D eigenvalue weighted by Crippen LogP contribution is -2.37. The molecular formula is C19H27N3O3. The first-order valence-corrected chi connectivity index (χ1v) is 8.84. The van der Waals surface area contributed by atoms with Crippen molar-refractivity contribution in [1.29, 1.82) is 0 Å². The van der Waals surface area contributed by atoms with Crippen molar-refractivity contribution in [2.75, 3.05) is 19.0 Å². The van der Waals surface area contributed by atoms with Crippen LogP contribution in [0.5, 0.6) is 5.75 Å². The molecule has 3 rings (SSSR count). The van der Waals surface area contributed by atoms with Gasteiger partial charge in [0, 0.05) is 17.7 Å². The molecular weight excluding hydrogens is 318 g/mol. The molecule has 2 unspecified atom stereocenters. The number of benzene rings is 1. The van der Waals surface area contributed by atoms with Gasteiger partial charge in [-0.2, -0.15) is 5.10 Å². The van der Waals surface area contributed by atoms with Gasteiger partial charge >= 0.3 is 0 Å². The van der Waals surface area contributed by atoms with Gasteiger partial charge in [0.15, 0.2) is 0 Å². The van der Waals surface area contributed by atoms with E-state index in [0.717, 1.165) is 35.7 Å². The van der Waals surface area contributed by atoms with Crippen LogP contribution in [0.25, 0.3) is 11.3 Å². The SMILES string of the molecule is COc1cccc(-c2cc(NC3CC(C)OC(C)C3)n(CCO)n2)c1. The second-order valence-electron chi connectivity index (χ2n) is 6.66. The van der Waals surface area contributed by atoms with Crippen LogP contribution < -0.4 is 10.1 Å². The van der Waals surface area contributed by atoms with Crippen LogP contribution in [0, 0.1) is 0 Å². The number of methoxy groups -OCH3 is 1. The largest absolute Gasteiger partial charge is 0.497 e. The molecule has 2 atom stereocenters. The van der Waals surface area contributed by atoms with E-state index in [-0.39, 0.29) is 18.8 Å². The number of aliphatic hydroxyl groups excluding tert-OH is 1. The van der Waals surface area contributed by atoms with Gasteiger partial charge < -0.3 is 19.9 Å². The van der Waals surface area contributed by atoms with Crippen molar-refractivity contribution in [3.8, 4) is 17.0 Å². The molecule has 6 nitrogen and oxygen atoms in total. The maximum atomic E-state index is 9.37. The van der Waals surface area contributed by atoms with E-state index in [2.05, 4.69) is 24.3 Å². The second-order valence-corrected chi connectivity index (χ2v) is 6.66. The molecule has 1 aromatic carbocycles. The Morgan fingerprint density at radius 2 is 2.04 bits per heavy atom. The molecule has 6 heteroatoms. The number of aromatic nitrogens is 2. The predicted molar refractivity (Wildman–Crippen MR) is 98.0 cm³/mol. The molecule has 1 aliphatic rings. The van der Waals surface area contributed by atoms with Crippen molar-refractivity contribution >= 4 is 5.82 Å². The van der Waals surface area contributed by atoms with Crippen LogP contribution in [0.3, 0.4) is 0 Å². The summed E-state index contributed by atoms with van der Waals surface area (Å²) in [6.07, 6.45) is 2.41. The standard InChI is InChI=1S/C19H27N3O3/c1-13-9-16(10-14(2)25-13)20-19-12-18(21-22(19)7-8-23)15-5-4-6-17(11-15)24-3/h4-6,11-14,16,20,23H,7-10H2,1-3H3.